The lowest BCUT2D eigenvalue weighted by Crippen LogP contribution is -2.48. The highest BCUT2D eigenvalue weighted by Crippen LogP contribution is 2.42. The lowest BCUT2D eigenvalue weighted by atomic mass is 10.3. The average Bonchev–Trinajstić information content (AvgIpc) is 3.33. The van der Waals surface area contributed by atoms with Crippen LogP contribution in [-0.2, 0) is 45.5 Å². The molecule has 21 nitrogen and oxygen atoms in total. The second kappa shape index (κ2) is 19.2. The fourth-order valence-corrected chi connectivity index (χ4v) is 7.06. The quantitative estimate of drug-likeness (QED) is 0.0604. The van der Waals surface area contributed by atoms with Crippen molar-refractivity contribution in [3.8, 4) is 0 Å². The molecule has 1 fully saturated rings. The molecule has 3 unspecified atom stereocenters. The molecule has 24 heteroatoms. The Morgan fingerprint density at radius 3 is 1.72 bits per heavy atom. The van der Waals surface area contributed by atoms with E-state index in [1.54, 1.807) is 19.6 Å². The van der Waals surface area contributed by atoms with E-state index in [-0.39, 0.29) is 96.6 Å². The molecule has 1 saturated heterocycles. The highest BCUT2D eigenvalue weighted by molar-refractivity contribution is 7.57. The van der Waals surface area contributed by atoms with E-state index in [2.05, 4.69) is 14.0 Å². The fraction of sp³-hybridized carbons (Fsp3) is 0.727. The number of aromatic nitrogens is 2. The molecule has 0 bridgehead atoms. The molecule has 2 rings (SSSR count). The monoisotopic (exact) mass is 722 g/mol. The molecule has 0 spiro atoms. The molecule has 1 aliphatic heterocycles. The van der Waals surface area contributed by atoms with Crippen molar-refractivity contribution in [2.24, 2.45) is 0 Å². The third-order valence-corrected chi connectivity index (χ3v) is 9.39. The summed E-state index contributed by atoms with van der Waals surface area (Å²) in [6.07, 6.45) is 1.91. The van der Waals surface area contributed by atoms with E-state index in [1.165, 1.54) is 6.20 Å². The number of nitrogens with zero attached hydrogens (tertiary/aromatic N) is 6. The third-order valence-electron chi connectivity index (χ3n) is 6.68. The number of carbonyl (C=O) groups is 3. The van der Waals surface area contributed by atoms with Crippen molar-refractivity contribution in [3.63, 3.8) is 0 Å². The van der Waals surface area contributed by atoms with Crippen LogP contribution in [-0.4, -0.2) is 177 Å². The Kier molecular flexibility index (Phi) is 16.8. The largest absolute Gasteiger partial charge is 0.480 e. The van der Waals surface area contributed by atoms with Crippen LogP contribution in [0.3, 0.4) is 0 Å². The minimum Gasteiger partial charge on any atom is -0.480 e. The first-order chi connectivity index (χ1) is 21.4. The molecule has 0 radical (unpaired) electrons. The van der Waals surface area contributed by atoms with Crippen LogP contribution in [0, 0.1) is 0 Å². The summed E-state index contributed by atoms with van der Waals surface area (Å²) in [5, 5.41) is 38.2. The van der Waals surface area contributed by atoms with Crippen LogP contribution in [0.2, 0.25) is 0 Å². The van der Waals surface area contributed by atoms with Crippen molar-refractivity contribution in [2.45, 2.75) is 18.9 Å². The topological polar surface area (TPSA) is 296 Å². The Balaban J connectivity index is 2.12. The molecule has 8 N–H and O–H groups in total. The summed E-state index contributed by atoms with van der Waals surface area (Å²) in [6.45, 7) is -0.182. The van der Waals surface area contributed by atoms with E-state index in [0.717, 1.165) is 10.9 Å². The highest BCUT2D eigenvalue weighted by atomic mass is 31.2. The van der Waals surface area contributed by atoms with Gasteiger partial charge in [0.2, 0.25) is 7.37 Å². The van der Waals surface area contributed by atoms with Crippen LogP contribution in [0.1, 0.15) is 5.69 Å². The van der Waals surface area contributed by atoms with E-state index in [1.807, 2.05) is 0 Å². The molecule has 1 aliphatic rings. The summed E-state index contributed by atoms with van der Waals surface area (Å²) in [5.41, 5.74) is 0.281. The van der Waals surface area contributed by atoms with E-state index in [0.29, 0.717) is 0 Å². The van der Waals surface area contributed by atoms with Crippen LogP contribution in [0.25, 0.3) is 0 Å². The van der Waals surface area contributed by atoms with Gasteiger partial charge in [0.1, 0.15) is 6.54 Å². The minimum atomic E-state index is -3.89. The maximum Gasteiger partial charge on any atom is 0.331 e. The SMILES string of the molecule is O=C(O)CN1CCN(CC(=O)O)CCN(CP(=O)(O)CCc2cn(CC(O)(OP(O)O)O[PH](=O)O)cn2)CCN(CC(=O)O)CC1. The van der Waals surface area contributed by atoms with Crippen LogP contribution >= 0.6 is 24.2 Å². The molecule has 264 valence electrons. The summed E-state index contributed by atoms with van der Waals surface area (Å²) in [6, 6.07) is 0. The molecule has 2 heterocycles. The van der Waals surface area contributed by atoms with Crippen molar-refractivity contribution in [3.05, 3.63) is 18.2 Å². The Hall–Kier alpha value is -1.93. The van der Waals surface area contributed by atoms with E-state index in [9.17, 15) is 48.8 Å². The van der Waals surface area contributed by atoms with E-state index >= 15 is 0 Å². The number of aliphatic carboxylic acids is 3. The third kappa shape index (κ3) is 16.8. The van der Waals surface area contributed by atoms with Gasteiger partial charge < -0.3 is 44.6 Å². The predicted molar refractivity (Wildman–Crippen MR) is 159 cm³/mol. The van der Waals surface area contributed by atoms with Gasteiger partial charge in [-0.3, -0.25) is 52.2 Å². The maximum atomic E-state index is 13.3. The van der Waals surface area contributed by atoms with Gasteiger partial charge in [-0.05, 0) is 0 Å². The zero-order valence-electron chi connectivity index (χ0n) is 24.8. The van der Waals surface area contributed by atoms with Gasteiger partial charge >= 0.3 is 40.7 Å². The van der Waals surface area contributed by atoms with Gasteiger partial charge in [-0.25, -0.2) is 4.98 Å². The lowest BCUT2D eigenvalue weighted by Gasteiger charge is -2.33. The Bertz CT molecular complexity index is 1190. The first-order valence-corrected chi connectivity index (χ1v) is 18.3. The van der Waals surface area contributed by atoms with Gasteiger partial charge in [0.15, 0.2) is 0 Å². The van der Waals surface area contributed by atoms with Crippen molar-refractivity contribution in [2.75, 3.05) is 84.4 Å². The minimum absolute atomic E-state index is 0.0201. The Labute approximate surface area is 265 Å². The zero-order valence-corrected chi connectivity index (χ0v) is 27.6. The maximum absolute atomic E-state index is 13.3. The van der Waals surface area contributed by atoms with Gasteiger partial charge in [0.05, 0.1) is 37.9 Å². The second-order valence-electron chi connectivity index (χ2n) is 10.6. The first kappa shape index (κ1) is 40.2. The molecule has 0 amide bonds. The van der Waals surface area contributed by atoms with Crippen LogP contribution in [0.5, 0.6) is 0 Å². The summed E-state index contributed by atoms with van der Waals surface area (Å²) >= 11 is 0. The van der Waals surface area contributed by atoms with Gasteiger partial charge in [0.25, 0.3) is 0 Å². The van der Waals surface area contributed by atoms with Crippen molar-refractivity contribution >= 4 is 42.1 Å². The Morgan fingerprint density at radius 2 is 1.33 bits per heavy atom. The average molecular weight is 723 g/mol. The number of imidazole rings is 1. The molecular weight excluding hydrogens is 681 g/mol. The number of hydrogen-bond donors (Lipinski definition) is 8. The number of hydrogen-bond acceptors (Lipinski definition) is 15. The lowest BCUT2D eigenvalue weighted by molar-refractivity contribution is -0.283. The van der Waals surface area contributed by atoms with Crippen LogP contribution in [0.4, 0.5) is 0 Å². The second-order valence-corrected chi connectivity index (χ2v) is 14.4. The molecule has 0 saturated carbocycles. The van der Waals surface area contributed by atoms with Gasteiger partial charge in [-0.2, -0.15) is 0 Å². The number of rotatable bonds is 17. The molecule has 1 aromatic heterocycles. The fourth-order valence-electron chi connectivity index (χ4n) is 4.64. The van der Waals surface area contributed by atoms with Crippen molar-refractivity contribution < 1.29 is 72.6 Å². The van der Waals surface area contributed by atoms with Gasteiger partial charge in [-0.1, -0.05) is 0 Å². The standard InChI is InChI=1S/C22H41N6O15P3/c29-19(30)12-24-2-4-25(13-20(31)32)6-8-27(9-7-26(5-3-24)14-21(33)34)17-46(40,41)10-1-18-11-28(16-23-18)15-22(35,42-44(36)37)43-45(38)39/h11,16,35-37,45H,1-10,12-15,17H2,(H,29,30)(H,31,32)(H,33,34)(H,38,39)(H,40,41). The van der Waals surface area contributed by atoms with Gasteiger partial charge in [-0.15, -0.1) is 0 Å². The van der Waals surface area contributed by atoms with Crippen molar-refractivity contribution in [1.29, 1.82) is 0 Å². The Morgan fingerprint density at radius 1 is 0.891 bits per heavy atom. The van der Waals surface area contributed by atoms with Crippen molar-refractivity contribution in [1.82, 2.24) is 29.2 Å². The molecule has 0 aliphatic carbocycles. The molecule has 46 heavy (non-hydrogen) atoms. The summed E-state index contributed by atoms with van der Waals surface area (Å²) < 4.78 is 34.3. The summed E-state index contributed by atoms with van der Waals surface area (Å²) in [5.74, 6) is -6.15. The number of aryl methyl sites for hydroxylation is 1. The molecular formula is C22H41N6O15P3. The molecule has 3 atom stereocenters. The molecule has 0 aromatic carbocycles. The van der Waals surface area contributed by atoms with Crippen LogP contribution < -0.4 is 0 Å². The highest BCUT2D eigenvalue weighted by Gasteiger charge is 2.36. The zero-order chi connectivity index (χ0) is 34.5. The predicted octanol–water partition coefficient (Wildman–Crippen LogP) is -2.60. The van der Waals surface area contributed by atoms with Gasteiger partial charge in [0, 0.05) is 71.1 Å². The normalized spacial score (nSPS) is 20.3. The molecule has 1 aromatic rings. The number of carboxylic acid groups (broad SMARTS) is 3. The smallest absolute Gasteiger partial charge is 0.331 e. The van der Waals surface area contributed by atoms with Crippen LogP contribution in [0.15, 0.2) is 12.5 Å². The first-order valence-electron chi connectivity index (χ1n) is 13.8. The number of aliphatic hydroxyl groups is 1. The van der Waals surface area contributed by atoms with E-state index < -0.39 is 54.7 Å². The summed E-state index contributed by atoms with van der Waals surface area (Å²) in [4.78, 5) is 82.7. The van der Waals surface area contributed by atoms with E-state index in [4.69, 9.17) is 14.7 Å². The summed E-state index contributed by atoms with van der Waals surface area (Å²) in [7, 11) is -10.8. The number of carboxylic acids is 3.